The molecule has 0 radical (unpaired) electrons. The third-order valence-electron chi connectivity index (χ3n) is 5.60. The molecule has 4 rings (SSSR count). The minimum Gasteiger partial charge on any atom is -0.397 e. The SMILES string of the molecule is CCCCCn1ccc2cc(-c3ccc(C(F)(F)F)cn3)c(F)cc2c1=O.Nc1cn[nH]c(=O)c1C(F)(F)F. The smallest absolute Gasteiger partial charge is 0.397 e. The summed E-state index contributed by atoms with van der Waals surface area (Å²) in [5, 5.41) is 5.49. The maximum atomic E-state index is 14.5. The molecule has 0 aliphatic rings. The van der Waals surface area contributed by atoms with Crippen molar-refractivity contribution in [3.05, 3.63) is 86.6 Å². The van der Waals surface area contributed by atoms with Crippen molar-refractivity contribution < 1.29 is 30.7 Å². The van der Waals surface area contributed by atoms with Crippen LogP contribution in [0.5, 0.6) is 0 Å². The molecule has 7 nitrogen and oxygen atoms in total. The van der Waals surface area contributed by atoms with Crippen molar-refractivity contribution in [1.82, 2.24) is 19.7 Å². The number of rotatable bonds is 5. The molecular weight excluding hydrogens is 535 g/mol. The van der Waals surface area contributed by atoms with Crippen molar-refractivity contribution >= 4 is 16.5 Å². The van der Waals surface area contributed by atoms with Gasteiger partial charge < -0.3 is 10.3 Å². The first-order chi connectivity index (χ1) is 18.2. The van der Waals surface area contributed by atoms with Crippen LogP contribution >= 0.6 is 0 Å². The summed E-state index contributed by atoms with van der Waals surface area (Å²) in [6.45, 7) is 2.63. The fourth-order valence-electron chi connectivity index (χ4n) is 3.64. The number of unbranched alkanes of at least 4 members (excludes halogenated alkanes) is 2. The summed E-state index contributed by atoms with van der Waals surface area (Å²) < 4.78 is 90.0. The number of nitrogens with one attached hydrogen (secondary N) is 1. The maximum absolute atomic E-state index is 14.5. The van der Waals surface area contributed by atoms with Crippen molar-refractivity contribution in [3.8, 4) is 11.3 Å². The number of H-pyrrole nitrogens is 1. The Bertz CT molecular complexity index is 1560. The molecule has 4 aromatic rings. The van der Waals surface area contributed by atoms with Gasteiger partial charge in [-0.1, -0.05) is 19.8 Å². The summed E-state index contributed by atoms with van der Waals surface area (Å²) in [6, 6.07) is 6.26. The zero-order chi connectivity index (χ0) is 29.0. The lowest BCUT2D eigenvalue weighted by atomic mass is 10.0. The number of aromatic nitrogens is 4. The van der Waals surface area contributed by atoms with Crippen LogP contribution in [0, 0.1) is 5.82 Å². The molecule has 208 valence electrons. The van der Waals surface area contributed by atoms with Gasteiger partial charge in [-0.2, -0.15) is 31.4 Å². The van der Waals surface area contributed by atoms with Crippen molar-refractivity contribution in [2.45, 2.75) is 45.1 Å². The average molecular weight is 557 g/mol. The Hall–Kier alpha value is -4.23. The summed E-state index contributed by atoms with van der Waals surface area (Å²) >= 11 is 0. The van der Waals surface area contributed by atoms with Crippen LogP contribution in [0.4, 0.5) is 36.4 Å². The van der Waals surface area contributed by atoms with E-state index in [1.807, 2.05) is 0 Å². The number of aromatic amines is 1. The number of aryl methyl sites for hydroxylation is 1. The number of fused-ring (bicyclic) bond motifs is 1. The minimum absolute atomic E-state index is 0.0550. The molecule has 0 unspecified atom stereocenters. The molecule has 0 fully saturated rings. The molecule has 0 atom stereocenters. The van der Waals surface area contributed by atoms with E-state index < -0.39 is 40.5 Å². The van der Waals surface area contributed by atoms with E-state index in [1.165, 1.54) is 6.07 Å². The molecule has 0 saturated heterocycles. The summed E-state index contributed by atoms with van der Waals surface area (Å²) in [5.74, 6) is -0.696. The van der Waals surface area contributed by atoms with Gasteiger partial charge in [-0.3, -0.25) is 14.6 Å². The lowest BCUT2D eigenvalue weighted by Crippen LogP contribution is -2.24. The summed E-state index contributed by atoms with van der Waals surface area (Å²) in [5.41, 5.74) is 0.444. The highest BCUT2D eigenvalue weighted by Gasteiger charge is 2.36. The van der Waals surface area contributed by atoms with Gasteiger partial charge in [0.05, 0.1) is 28.5 Å². The van der Waals surface area contributed by atoms with E-state index in [9.17, 15) is 40.3 Å². The highest BCUT2D eigenvalue weighted by Crippen LogP contribution is 2.31. The molecule has 3 N–H and O–H groups in total. The van der Waals surface area contributed by atoms with Gasteiger partial charge in [-0.15, -0.1) is 0 Å². The van der Waals surface area contributed by atoms with E-state index in [0.29, 0.717) is 18.1 Å². The molecule has 0 amide bonds. The summed E-state index contributed by atoms with van der Waals surface area (Å²) in [4.78, 5) is 26.8. The van der Waals surface area contributed by atoms with Crippen LogP contribution in [0.15, 0.2) is 58.5 Å². The van der Waals surface area contributed by atoms with E-state index in [-0.39, 0.29) is 22.2 Å². The summed E-state index contributed by atoms with van der Waals surface area (Å²) in [7, 11) is 0. The fourth-order valence-corrected chi connectivity index (χ4v) is 3.64. The van der Waals surface area contributed by atoms with Gasteiger partial charge in [0, 0.05) is 24.5 Å². The van der Waals surface area contributed by atoms with Crippen LogP contribution in [-0.4, -0.2) is 19.7 Å². The van der Waals surface area contributed by atoms with E-state index in [4.69, 9.17) is 5.73 Å². The van der Waals surface area contributed by atoms with Crippen LogP contribution in [0.2, 0.25) is 0 Å². The van der Waals surface area contributed by atoms with E-state index in [0.717, 1.165) is 43.7 Å². The second-order valence-electron chi connectivity index (χ2n) is 8.40. The van der Waals surface area contributed by atoms with Gasteiger partial charge in [0.1, 0.15) is 11.4 Å². The predicted molar refractivity (Wildman–Crippen MR) is 130 cm³/mol. The van der Waals surface area contributed by atoms with Gasteiger partial charge in [0.25, 0.3) is 11.1 Å². The molecule has 3 heterocycles. The monoisotopic (exact) mass is 557 g/mol. The number of pyridine rings is 2. The van der Waals surface area contributed by atoms with Crippen LogP contribution < -0.4 is 16.9 Å². The predicted octanol–water partition coefficient (Wildman–Crippen LogP) is 5.78. The molecule has 0 saturated carbocycles. The Labute approximate surface area is 216 Å². The van der Waals surface area contributed by atoms with Crippen LogP contribution in [0.25, 0.3) is 22.0 Å². The third kappa shape index (κ3) is 7.00. The fraction of sp³-hybridized carbons (Fsp3) is 0.280. The van der Waals surface area contributed by atoms with Crippen LogP contribution in [0.1, 0.15) is 37.3 Å². The van der Waals surface area contributed by atoms with Crippen LogP contribution in [0.3, 0.4) is 0 Å². The number of nitrogens with two attached hydrogens (primary N) is 1. The highest BCUT2D eigenvalue weighted by atomic mass is 19.4. The molecule has 0 spiro atoms. The topological polar surface area (TPSA) is 107 Å². The first kappa shape index (κ1) is 29.3. The number of benzene rings is 1. The Kier molecular flexibility index (Phi) is 8.77. The standard InChI is InChI=1S/C20H18F4N2O.C5H4F3N3O/c1-2-3-4-8-26-9-7-13-10-16(17(21)11-15(13)19(26)27)18-6-5-14(12-25-18)20(22,23)24;6-5(7,8)3-2(9)1-10-11-4(3)12/h5-7,9-12H,2-4,8H2,1H3;1H,(H3,9,11,12). The lowest BCUT2D eigenvalue weighted by molar-refractivity contribution is -0.138. The van der Waals surface area contributed by atoms with Crippen molar-refractivity contribution in [2.24, 2.45) is 0 Å². The second-order valence-corrected chi connectivity index (χ2v) is 8.40. The van der Waals surface area contributed by atoms with Gasteiger partial charge in [-0.25, -0.2) is 9.49 Å². The molecular formula is C25H22F7N5O2. The largest absolute Gasteiger partial charge is 0.423 e. The van der Waals surface area contributed by atoms with E-state index >= 15 is 0 Å². The van der Waals surface area contributed by atoms with E-state index in [1.54, 1.807) is 21.9 Å². The normalized spacial score (nSPS) is 11.8. The third-order valence-corrected chi connectivity index (χ3v) is 5.60. The Morgan fingerprint density at radius 1 is 0.974 bits per heavy atom. The first-order valence-electron chi connectivity index (χ1n) is 11.5. The van der Waals surface area contributed by atoms with Gasteiger partial charge >= 0.3 is 12.4 Å². The van der Waals surface area contributed by atoms with Crippen molar-refractivity contribution in [1.29, 1.82) is 0 Å². The van der Waals surface area contributed by atoms with Gasteiger partial charge in [0.15, 0.2) is 0 Å². The number of nitrogen functional groups attached to an aromatic ring is 1. The molecule has 0 aliphatic carbocycles. The number of hydrogen-bond acceptors (Lipinski definition) is 5. The molecule has 0 bridgehead atoms. The molecule has 39 heavy (non-hydrogen) atoms. The summed E-state index contributed by atoms with van der Waals surface area (Å²) in [6.07, 6.45) is -3.29. The minimum atomic E-state index is -4.74. The Balaban J connectivity index is 0.000000293. The molecule has 3 aromatic heterocycles. The number of nitrogens with zero attached hydrogens (tertiary/aromatic N) is 3. The zero-order valence-corrected chi connectivity index (χ0v) is 20.3. The quantitative estimate of drug-likeness (QED) is 0.239. The first-order valence-corrected chi connectivity index (χ1v) is 11.5. The van der Waals surface area contributed by atoms with Crippen molar-refractivity contribution in [3.63, 3.8) is 0 Å². The number of anilines is 1. The van der Waals surface area contributed by atoms with Crippen molar-refractivity contribution in [2.75, 3.05) is 5.73 Å². The second kappa shape index (κ2) is 11.7. The number of alkyl halides is 6. The van der Waals surface area contributed by atoms with E-state index in [2.05, 4.69) is 17.0 Å². The van der Waals surface area contributed by atoms with Crippen LogP contribution in [-0.2, 0) is 18.9 Å². The van der Waals surface area contributed by atoms with Gasteiger partial charge in [0.2, 0.25) is 0 Å². The zero-order valence-electron chi connectivity index (χ0n) is 20.3. The Morgan fingerprint density at radius 3 is 2.23 bits per heavy atom. The molecule has 0 aliphatic heterocycles. The number of halogens is 7. The lowest BCUT2D eigenvalue weighted by Gasteiger charge is -2.10. The number of hydrogen-bond donors (Lipinski definition) is 2. The van der Waals surface area contributed by atoms with Gasteiger partial charge in [-0.05, 0) is 42.1 Å². The molecule has 14 heteroatoms. The average Bonchev–Trinajstić information content (AvgIpc) is 2.85. The Morgan fingerprint density at radius 2 is 1.69 bits per heavy atom. The maximum Gasteiger partial charge on any atom is 0.423 e. The highest BCUT2D eigenvalue weighted by molar-refractivity contribution is 5.86. The molecule has 1 aromatic carbocycles.